The van der Waals surface area contributed by atoms with Gasteiger partial charge in [-0.05, 0) is 37.0 Å². The Bertz CT molecular complexity index is 944. The van der Waals surface area contributed by atoms with Crippen molar-refractivity contribution in [3.05, 3.63) is 70.6 Å². The maximum Gasteiger partial charge on any atom is 0.257 e. The SMILES string of the molecule is COc1ccccc1CNC(=O)C1CCC2S/C(=C\c3ccccc3)C(=O)NC2C1. The van der Waals surface area contributed by atoms with Crippen LogP contribution in [0.5, 0.6) is 5.75 Å². The third-order valence-electron chi connectivity index (χ3n) is 5.72. The van der Waals surface area contributed by atoms with Crippen molar-refractivity contribution < 1.29 is 14.3 Å². The van der Waals surface area contributed by atoms with Gasteiger partial charge < -0.3 is 15.4 Å². The quantitative estimate of drug-likeness (QED) is 0.720. The number of para-hydroxylation sites is 1. The number of methoxy groups -OCH3 is 1. The molecule has 2 fully saturated rings. The van der Waals surface area contributed by atoms with E-state index >= 15 is 0 Å². The molecule has 2 N–H and O–H groups in total. The first-order valence-electron chi connectivity index (χ1n) is 10.3. The normalized spacial score (nSPS) is 24.6. The highest BCUT2D eigenvalue weighted by atomic mass is 32.2. The molecule has 0 bridgehead atoms. The lowest BCUT2D eigenvalue weighted by Gasteiger charge is -2.39. The van der Waals surface area contributed by atoms with E-state index < -0.39 is 0 Å². The number of fused-ring (bicyclic) bond motifs is 1. The number of ether oxygens (including phenoxy) is 1. The molecular weight excluding hydrogens is 396 g/mol. The highest BCUT2D eigenvalue weighted by molar-refractivity contribution is 8.04. The molecule has 1 saturated carbocycles. The maximum atomic E-state index is 12.7. The molecule has 2 amide bonds. The molecule has 1 saturated heterocycles. The van der Waals surface area contributed by atoms with Crippen LogP contribution in [0.3, 0.4) is 0 Å². The molecule has 2 aromatic carbocycles. The van der Waals surface area contributed by atoms with E-state index in [-0.39, 0.29) is 23.8 Å². The summed E-state index contributed by atoms with van der Waals surface area (Å²) >= 11 is 1.65. The minimum atomic E-state index is -0.0819. The van der Waals surface area contributed by atoms with Crippen molar-refractivity contribution in [3.8, 4) is 5.75 Å². The molecule has 2 aromatic rings. The third-order valence-corrected chi connectivity index (χ3v) is 7.14. The van der Waals surface area contributed by atoms with Gasteiger partial charge in [0, 0.05) is 29.3 Å². The number of carbonyl (C=O) groups excluding carboxylic acids is 2. The van der Waals surface area contributed by atoms with E-state index in [0.29, 0.717) is 18.2 Å². The molecule has 3 unspecified atom stereocenters. The highest BCUT2D eigenvalue weighted by Crippen LogP contribution is 2.40. The Morgan fingerprint density at radius 3 is 2.73 bits per heavy atom. The zero-order valence-electron chi connectivity index (χ0n) is 17.0. The number of thioether (sulfide) groups is 1. The summed E-state index contributed by atoms with van der Waals surface area (Å²) in [6.07, 6.45) is 4.37. The number of benzene rings is 2. The number of hydrogen-bond donors (Lipinski definition) is 2. The molecule has 5 nitrogen and oxygen atoms in total. The van der Waals surface area contributed by atoms with Crippen LogP contribution in [0.2, 0.25) is 0 Å². The second kappa shape index (κ2) is 9.39. The molecule has 1 aliphatic heterocycles. The van der Waals surface area contributed by atoms with Crippen molar-refractivity contribution in [2.24, 2.45) is 5.92 Å². The minimum absolute atomic E-state index is 0.0335. The van der Waals surface area contributed by atoms with E-state index in [1.807, 2.05) is 60.7 Å². The lowest BCUT2D eigenvalue weighted by molar-refractivity contribution is -0.127. The molecule has 0 aromatic heterocycles. The second-order valence-corrected chi connectivity index (χ2v) is 8.98. The van der Waals surface area contributed by atoms with Crippen LogP contribution < -0.4 is 15.4 Å². The number of carbonyl (C=O) groups is 2. The average molecular weight is 423 g/mol. The number of nitrogens with one attached hydrogen (secondary N) is 2. The standard InChI is InChI=1S/C24H26N2O3S/c1-29-20-10-6-5-9-18(20)15-25-23(27)17-11-12-21-19(14-17)26-24(28)22(30-21)13-16-7-3-2-4-8-16/h2-10,13,17,19,21H,11-12,14-15H2,1H3,(H,25,27)(H,26,28)/b22-13-. The van der Waals surface area contributed by atoms with Crippen LogP contribution in [0, 0.1) is 5.92 Å². The van der Waals surface area contributed by atoms with E-state index in [2.05, 4.69) is 10.6 Å². The zero-order valence-corrected chi connectivity index (χ0v) is 17.8. The first kappa shape index (κ1) is 20.5. The summed E-state index contributed by atoms with van der Waals surface area (Å²) < 4.78 is 5.35. The summed E-state index contributed by atoms with van der Waals surface area (Å²) in [5.41, 5.74) is 1.98. The summed E-state index contributed by atoms with van der Waals surface area (Å²) in [7, 11) is 1.63. The molecule has 156 valence electrons. The van der Waals surface area contributed by atoms with Crippen LogP contribution in [0.1, 0.15) is 30.4 Å². The molecule has 0 spiro atoms. The van der Waals surface area contributed by atoms with E-state index in [1.54, 1.807) is 18.9 Å². The minimum Gasteiger partial charge on any atom is -0.496 e. The monoisotopic (exact) mass is 422 g/mol. The van der Waals surface area contributed by atoms with E-state index in [1.165, 1.54) is 0 Å². The van der Waals surface area contributed by atoms with Crippen molar-refractivity contribution in [1.29, 1.82) is 0 Å². The summed E-state index contributed by atoms with van der Waals surface area (Å²) in [6.45, 7) is 0.443. The Hall–Kier alpha value is -2.73. The van der Waals surface area contributed by atoms with Crippen LogP contribution in [0.4, 0.5) is 0 Å². The van der Waals surface area contributed by atoms with Gasteiger partial charge in [-0.15, -0.1) is 11.8 Å². The number of hydrogen-bond acceptors (Lipinski definition) is 4. The van der Waals surface area contributed by atoms with Gasteiger partial charge in [0.2, 0.25) is 5.91 Å². The fourth-order valence-electron chi connectivity index (χ4n) is 4.11. The molecule has 3 atom stereocenters. The Kier molecular flexibility index (Phi) is 6.43. The van der Waals surface area contributed by atoms with Gasteiger partial charge in [0.25, 0.3) is 5.91 Å². The largest absolute Gasteiger partial charge is 0.496 e. The van der Waals surface area contributed by atoms with Gasteiger partial charge in [0.15, 0.2) is 0 Å². The Labute approximate surface area is 181 Å². The van der Waals surface area contributed by atoms with Crippen molar-refractivity contribution in [3.63, 3.8) is 0 Å². The predicted molar refractivity (Wildman–Crippen MR) is 120 cm³/mol. The van der Waals surface area contributed by atoms with E-state index in [0.717, 1.165) is 34.6 Å². The Balaban J connectivity index is 1.35. The Morgan fingerprint density at radius 2 is 1.93 bits per heavy atom. The van der Waals surface area contributed by atoms with Crippen molar-refractivity contribution in [1.82, 2.24) is 10.6 Å². The van der Waals surface area contributed by atoms with Gasteiger partial charge in [-0.25, -0.2) is 0 Å². The van der Waals surface area contributed by atoms with Crippen molar-refractivity contribution in [2.45, 2.75) is 37.1 Å². The lowest BCUT2D eigenvalue weighted by atomic mass is 9.84. The van der Waals surface area contributed by atoms with Crippen LogP contribution in [-0.4, -0.2) is 30.2 Å². The predicted octanol–water partition coefficient (Wildman–Crippen LogP) is 3.75. The van der Waals surface area contributed by atoms with Gasteiger partial charge in [0.05, 0.1) is 12.0 Å². The fraction of sp³-hybridized carbons (Fsp3) is 0.333. The van der Waals surface area contributed by atoms with E-state index in [4.69, 9.17) is 4.74 Å². The molecule has 2 aliphatic rings. The highest BCUT2D eigenvalue weighted by Gasteiger charge is 2.39. The third kappa shape index (κ3) is 4.70. The van der Waals surface area contributed by atoms with E-state index in [9.17, 15) is 9.59 Å². The molecule has 4 rings (SSSR count). The number of rotatable bonds is 5. The maximum absolute atomic E-state index is 12.7. The molecule has 0 radical (unpaired) electrons. The summed E-state index contributed by atoms with van der Waals surface area (Å²) in [5, 5.41) is 6.49. The van der Waals surface area contributed by atoms with Crippen LogP contribution in [0.15, 0.2) is 59.5 Å². The van der Waals surface area contributed by atoms with Crippen molar-refractivity contribution >= 4 is 29.7 Å². The molecule has 6 heteroatoms. The summed E-state index contributed by atoms with van der Waals surface area (Å²) in [4.78, 5) is 26.1. The molecule has 1 heterocycles. The lowest BCUT2D eigenvalue weighted by Crippen LogP contribution is -2.51. The summed E-state index contributed by atoms with van der Waals surface area (Å²) in [6, 6.07) is 17.6. The Morgan fingerprint density at radius 1 is 1.17 bits per heavy atom. The molecule has 30 heavy (non-hydrogen) atoms. The topological polar surface area (TPSA) is 67.4 Å². The van der Waals surface area contributed by atoms with Gasteiger partial charge in [-0.2, -0.15) is 0 Å². The number of amides is 2. The van der Waals surface area contributed by atoms with Gasteiger partial charge >= 0.3 is 0 Å². The molecular formula is C24H26N2O3S. The average Bonchev–Trinajstić information content (AvgIpc) is 2.78. The van der Waals surface area contributed by atoms with Gasteiger partial charge in [-0.1, -0.05) is 48.5 Å². The second-order valence-electron chi connectivity index (χ2n) is 7.70. The summed E-state index contributed by atoms with van der Waals surface area (Å²) in [5.74, 6) is 0.695. The van der Waals surface area contributed by atoms with Crippen LogP contribution >= 0.6 is 11.8 Å². The van der Waals surface area contributed by atoms with Crippen LogP contribution in [0.25, 0.3) is 6.08 Å². The molecule has 1 aliphatic carbocycles. The van der Waals surface area contributed by atoms with Gasteiger partial charge in [0.1, 0.15) is 5.75 Å². The fourth-order valence-corrected chi connectivity index (χ4v) is 5.40. The van der Waals surface area contributed by atoms with Gasteiger partial charge in [-0.3, -0.25) is 9.59 Å². The first-order valence-corrected chi connectivity index (χ1v) is 11.2. The van der Waals surface area contributed by atoms with Crippen LogP contribution in [-0.2, 0) is 16.1 Å². The zero-order chi connectivity index (χ0) is 20.9. The smallest absolute Gasteiger partial charge is 0.257 e. The first-order chi connectivity index (χ1) is 14.6. The van der Waals surface area contributed by atoms with Crippen molar-refractivity contribution in [2.75, 3.05) is 7.11 Å².